The highest BCUT2D eigenvalue weighted by Crippen LogP contribution is 2.42. The van der Waals surface area contributed by atoms with Gasteiger partial charge in [0.05, 0.1) is 19.8 Å². The van der Waals surface area contributed by atoms with Crippen LogP contribution in [0.5, 0.6) is 17.2 Å². The molecule has 1 fully saturated rings. The van der Waals surface area contributed by atoms with Crippen LogP contribution >= 0.6 is 24.8 Å². The van der Waals surface area contributed by atoms with Crippen molar-refractivity contribution in [1.82, 2.24) is 10.2 Å². The van der Waals surface area contributed by atoms with E-state index in [2.05, 4.69) is 17.1 Å². The molecule has 134 valence electrons. The SMILES string of the molecule is CCC[C@@H](c1c(OC)cc(O)cc1OC)N1CCNCC1.Cl.Cl. The predicted molar refractivity (Wildman–Crippen MR) is 97.8 cm³/mol. The highest BCUT2D eigenvalue weighted by atomic mass is 35.5. The van der Waals surface area contributed by atoms with E-state index in [9.17, 15) is 5.11 Å². The molecule has 0 saturated carbocycles. The Labute approximate surface area is 151 Å². The van der Waals surface area contributed by atoms with E-state index in [1.165, 1.54) is 0 Å². The van der Waals surface area contributed by atoms with Crippen LogP contribution in [0.3, 0.4) is 0 Å². The zero-order valence-electron chi connectivity index (χ0n) is 14.0. The van der Waals surface area contributed by atoms with Crippen molar-refractivity contribution in [1.29, 1.82) is 0 Å². The lowest BCUT2D eigenvalue weighted by molar-refractivity contribution is 0.158. The molecule has 1 aliphatic heterocycles. The number of hydrogen-bond acceptors (Lipinski definition) is 5. The summed E-state index contributed by atoms with van der Waals surface area (Å²) in [6.07, 6.45) is 2.12. The molecule has 1 heterocycles. The maximum absolute atomic E-state index is 9.82. The molecule has 5 nitrogen and oxygen atoms in total. The highest BCUT2D eigenvalue weighted by molar-refractivity contribution is 5.85. The lowest BCUT2D eigenvalue weighted by Crippen LogP contribution is -2.45. The maximum Gasteiger partial charge on any atom is 0.131 e. The molecule has 7 heteroatoms. The van der Waals surface area contributed by atoms with E-state index < -0.39 is 0 Å². The van der Waals surface area contributed by atoms with E-state index in [0.29, 0.717) is 11.5 Å². The van der Waals surface area contributed by atoms with E-state index in [1.54, 1.807) is 26.4 Å². The summed E-state index contributed by atoms with van der Waals surface area (Å²) in [4.78, 5) is 2.47. The number of piperazine rings is 1. The Hall–Kier alpha value is -0.880. The number of methoxy groups -OCH3 is 2. The number of phenols is 1. The third-order valence-corrected chi connectivity index (χ3v) is 4.02. The molecule has 2 rings (SSSR count). The Morgan fingerprint density at radius 3 is 2.09 bits per heavy atom. The number of hydrogen-bond donors (Lipinski definition) is 2. The molecule has 1 aromatic carbocycles. The second-order valence-electron chi connectivity index (χ2n) is 5.35. The molecule has 23 heavy (non-hydrogen) atoms. The van der Waals surface area contributed by atoms with Crippen molar-refractivity contribution < 1.29 is 14.6 Å². The largest absolute Gasteiger partial charge is 0.508 e. The topological polar surface area (TPSA) is 54.0 Å². The van der Waals surface area contributed by atoms with Gasteiger partial charge < -0.3 is 19.9 Å². The van der Waals surface area contributed by atoms with E-state index >= 15 is 0 Å². The lowest BCUT2D eigenvalue weighted by Gasteiger charge is -2.36. The lowest BCUT2D eigenvalue weighted by atomic mass is 9.97. The Morgan fingerprint density at radius 1 is 1.13 bits per heavy atom. The minimum Gasteiger partial charge on any atom is -0.508 e. The summed E-state index contributed by atoms with van der Waals surface area (Å²) < 4.78 is 11.0. The van der Waals surface area contributed by atoms with Gasteiger partial charge in [-0.1, -0.05) is 13.3 Å². The Bertz CT molecular complexity index is 444. The molecular formula is C16H28Cl2N2O3. The summed E-state index contributed by atoms with van der Waals surface area (Å²) >= 11 is 0. The van der Waals surface area contributed by atoms with Crippen LogP contribution in [-0.4, -0.2) is 50.4 Å². The first-order chi connectivity index (χ1) is 10.2. The van der Waals surface area contributed by atoms with Gasteiger partial charge in [-0.15, -0.1) is 24.8 Å². The molecule has 0 aromatic heterocycles. The molecule has 0 amide bonds. The van der Waals surface area contributed by atoms with E-state index in [0.717, 1.165) is 44.6 Å². The quantitative estimate of drug-likeness (QED) is 0.810. The fraction of sp³-hybridized carbons (Fsp3) is 0.625. The van der Waals surface area contributed by atoms with Crippen molar-refractivity contribution in [3.8, 4) is 17.2 Å². The summed E-state index contributed by atoms with van der Waals surface area (Å²) in [6.45, 7) is 6.22. The molecule has 1 saturated heterocycles. The van der Waals surface area contributed by atoms with Gasteiger partial charge in [-0.05, 0) is 6.42 Å². The average Bonchev–Trinajstić information content (AvgIpc) is 2.53. The molecule has 1 atom stereocenters. The second kappa shape index (κ2) is 10.8. The minimum atomic E-state index is 0. The first-order valence-electron chi connectivity index (χ1n) is 7.60. The van der Waals surface area contributed by atoms with E-state index in [4.69, 9.17) is 9.47 Å². The van der Waals surface area contributed by atoms with Gasteiger partial charge in [0.15, 0.2) is 0 Å². The van der Waals surface area contributed by atoms with Gasteiger partial charge in [0.2, 0.25) is 0 Å². The van der Waals surface area contributed by atoms with Crippen LogP contribution in [0.1, 0.15) is 31.4 Å². The molecule has 1 aromatic rings. The van der Waals surface area contributed by atoms with Crippen molar-refractivity contribution in [2.24, 2.45) is 0 Å². The number of halogens is 2. The van der Waals surface area contributed by atoms with Gasteiger partial charge in [-0.25, -0.2) is 0 Å². The van der Waals surface area contributed by atoms with Crippen LogP contribution in [0.2, 0.25) is 0 Å². The van der Waals surface area contributed by atoms with Crippen molar-refractivity contribution in [3.63, 3.8) is 0 Å². The normalized spacial score (nSPS) is 16.0. The molecule has 1 aliphatic rings. The van der Waals surface area contributed by atoms with Crippen LogP contribution < -0.4 is 14.8 Å². The third kappa shape index (κ3) is 5.31. The number of phenolic OH excluding ortho intramolecular Hbond substituents is 1. The predicted octanol–water partition coefficient (Wildman–Crippen LogP) is 3.00. The van der Waals surface area contributed by atoms with Crippen LogP contribution in [0.25, 0.3) is 0 Å². The Morgan fingerprint density at radius 2 is 1.65 bits per heavy atom. The Balaban J connectivity index is 0.00000242. The van der Waals surface area contributed by atoms with Gasteiger partial charge in [-0.3, -0.25) is 4.90 Å². The average molecular weight is 367 g/mol. The van der Waals surface area contributed by atoms with Crippen molar-refractivity contribution >= 4 is 24.8 Å². The molecule has 0 aliphatic carbocycles. The van der Waals surface area contributed by atoms with Crippen LogP contribution in [0.4, 0.5) is 0 Å². The van der Waals surface area contributed by atoms with Crippen LogP contribution in [0, 0.1) is 0 Å². The van der Waals surface area contributed by atoms with Gasteiger partial charge in [-0.2, -0.15) is 0 Å². The highest BCUT2D eigenvalue weighted by Gasteiger charge is 2.27. The molecule has 0 spiro atoms. The molecule has 2 N–H and O–H groups in total. The monoisotopic (exact) mass is 366 g/mol. The van der Waals surface area contributed by atoms with Gasteiger partial charge >= 0.3 is 0 Å². The van der Waals surface area contributed by atoms with Crippen molar-refractivity contribution in [2.45, 2.75) is 25.8 Å². The number of ether oxygens (including phenoxy) is 2. The standard InChI is InChI=1S/C16H26N2O3.2ClH/c1-4-5-13(18-8-6-17-7-9-18)16-14(20-2)10-12(19)11-15(16)21-3;;/h10-11,13,17,19H,4-9H2,1-3H3;2*1H/t13-;;/m0../s1. The zero-order chi connectivity index (χ0) is 15.2. The number of benzene rings is 1. The summed E-state index contributed by atoms with van der Waals surface area (Å²) in [5.74, 6) is 1.57. The molecule has 0 radical (unpaired) electrons. The van der Waals surface area contributed by atoms with Gasteiger partial charge in [0, 0.05) is 44.4 Å². The van der Waals surface area contributed by atoms with Crippen molar-refractivity contribution in [2.75, 3.05) is 40.4 Å². The summed E-state index contributed by atoms with van der Waals surface area (Å²) in [6, 6.07) is 3.59. The summed E-state index contributed by atoms with van der Waals surface area (Å²) in [5, 5.41) is 13.2. The maximum atomic E-state index is 9.82. The fourth-order valence-electron chi connectivity index (χ4n) is 3.03. The number of aromatic hydroxyl groups is 1. The van der Waals surface area contributed by atoms with Gasteiger partial charge in [0.25, 0.3) is 0 Å². The van der Waals surface area contributed by atoms with Crippen LogP contribution in [-0.2, 0) is 0 Å². The summed E-state index contributed by atoms with van der Waals surface area (Å²) in [5.41, 5.74) is 1.04. The number of nitrogens with zero attached hydrogens (tertiary/aromatic N) is 1. The van der Waals surface area contributed by atoms with Crippen LogP contribution in [0.15, 0.2) is 12.1 Å². The number of nitrogens with one attached hydrogen (secondary N) is 1. The van der Waals surface area contributed by atoms with Crippen molar-refractivity contribution in [3.05, 3.63) is 17.7 Å². The number of rotatable bonds is 6. The Kier molecular flexibility index (Phi) is 10.4. The molecule has 0 bridgehead atoms. The van der Waals surface area contributed by atoms with E-state index in [1.807, 2.05) is 0 Å². The third-order valence-electron chi connectivity index (χ3n) is 4.02. The second-order valence-corrected chi connectivity index (χ2v) is 5.35. The molecule has 0 unspecified atom stereocenters. The van der Waals surface area contributed by atoms with E-state index in [-0.39, 0.29) is 36.6 Å². The van der Waals surface area contributed by atoms with Gasteiger partial charge in [0.1, 0.15) is 17.2 Å². The summed E-state index contributed by atoms with van der Waals surface area (Å²) in [7, 11) is 3.27. The first-order valence-corrected chi connectivity index (χ1v) is 7.60. The smallest absolute Gasteiger partial charge is 0.131 e. The first kappa shape index (κ1) is 22.1. The zero-order valence-corrected chi connectivity index (χ0v) is 15.6. The minimum absolute atomic E-state index is 0. The molecular weight excluding hydrogens is 339 g/mol. The fourth-order valence-corrected chi connectivity index (χ4v) is 3.03.